The van der Waals surface area contributed by atoms with Crippen LogP contribution in [0.1, 0.15) is 37.5 Å². The summed E-state index contributed by atoms with van der Waals surface area (Å²) in [5.41, 5.74) is 12.2. The summed E-state index contributed by atoms with van der Waals surface area (Å²) < 4.78 is 6.42. The standard InChI is InChI=1S/C36H32N2O/c1-23-12-13-38-33(15-23)27-10-6-8-25(16-27)31-18-28-19-34(29-14-24(2)21-37-22-29)39-35(28)20-32(31)26-9-7-11-30(17-26)36(3,4)5/h6-22H,1-5H3. The van der Waals surface area contributed by atoms with E-state index in [0.29, 0.717) is 0 Å². The van der Waals surface area contributed by atoms with Crippen LogP contribution in [-0.2, 0) is 5.41 Å². The molecule has 0 atom stereocenters. The summed E-state index contributed by atoms with van der Waals surface area (Å²) >= 11 is 0. The van der Waals surface area contributed by atoms with Gasteiger partial charge in [0, 0.05) is 35.1 Å². The smallest absolute Gasteiger partial charge is 0.136 e. The largest absolute Gasteiger partial charge is 0.456 e. The van der Waals surface area contributed by atoms with Gasteiger partial charge >= 0.3 is 0 Å². The van der Waals surface area contributed by atoms with Crippen LogP contribution in [-0.4, -0.2) is 9.97 Å². The Balaban J connectivity index is 1.57. The molecule has 6 rings (SSSR count). The van der Waals surface area contributed by atoms with Crippen LogP contribution in [0, 0.1) is 13.8 Å². The van der Waals surface area contributed by atoms with Gasteiger partial charge in [-0.25, -0.2) is 0 Å². The molecule has 3 aromatic carbocycles. The molecule has 0 aliphatic rings. The molecule has 0 saturated carbocycles. The molecule has 0 bridgehead atoms. The number of benzene rings is 3. The number of furan rings is 1. The number of pyridine rings is 2. The van der Waals surface area contributed by atoms with Gasteiger partial charge in [0.2, 0.25) is 0 Å². The average molecular weight is 509 g/mol. The van der Waals surface area contributed by atoms with E-state index in [-0.39, 0.29) is 5.41 Å². The van der Waals surface area contributed by atoms with Gasteiger partial charge in [0.25, 0.3) is 0 Å². The molecule has 0 N–H and O–H groups in total. The van der Waals surface area contributed by atoms with Crippen molar-refractivity contribution in [2.75, 3.05) is 0 Å². The lowest BCUT2D eigenvalue weighted by Crippen LogP contribution is -2.10. The van der Waals surface area contributed by atoms with Crippen molar-refractivity contribution >= 4 is 11.0 Å². The Labute approximate surface area is 230 Å². The second-order valence-corrected chi connectivity index (χ2v) is 11.4. The first-order chi connectivity index (χ1) is 18.7. The molecule has 0 aliphatic carbocycles. The summed E-state index contributed by atoms with van der Waals surface area (Å²) in [6.45, 7) is 10.9. The Hall–Kier alpha value is -4.50. The van der Waals surface area contributed by atoms with E-state index in [4.69, 9.17) is 4.42 Å². The molecular weight excluding hydrogens is 476 g/mol. The van der Waals surface area contributed by atoms with Crippen molar-refractivity contribution in [3.8, 4) is 44.8 Å². The molecule has 39 heavy (non-hydrogen) atoms. The predicted octanol–water partition coefficient (Wildman–Crippen LogP) is 9.81. The monoisotopic (exact) mass is 508 g/mol. The van der Waals surface area contributed by atoms with Crippen LogP contribution in [0.3, 0.4) is 0 Å². The van der Waals surface area contributed by atoms with Gasteiger partial charge in [0.05, 0.1) is 5.69 Å². The van der Waals surface area contributed by atoms with Crippen molar-refractivity contribution in [2.24, 2.45) is 0 Å². The molecule has 0 radical (unpaired) electrons. The Morgan fingerprint density at radius 2 is 1.38 bits per heavy atom. The second kappa shape index (κ2) is 9.67. The fourth-order valence-electron chi connectivity index (χ4n) is 5.09. The molecule has 0 saturated heterocycles. The van der Waals surface area contributed by atoms with E-state index in [0.717, 1.165) is 55.8 Å². The molecule has 3 heteroatoms. The molecule has 3 aromatic heterocycles. The third-order valence-corrected chi connectivity index (χ3v) is 7.24. The number of aromatic nitrogens is 2. The minimum absolute atomic E-state index is 0.0487. The summed E-state index contributed by atoms with van der Waals surface area (Å²) in [5.74, 6) is 0.824. The van der Waals surface area contributed by atoms with Crippen molar-refractivity contribution in [1.29, 1.82) is 0 Å². The maximum Gasteiger partial charge on any atom is 0.136 e. The lowest BCUT2D eigenvalue weighted by Gasteiger charge is -2.20. The maximum absolute atomic E-state index is 6.42. The molecule has 3 nitrogen and oxygen atoms in total. The molecule has 0 unspecified atom stereocenters. The summed E-state index contributed by atoms with van der Waals surface area (Å²) in [6.07, 6.45) is 5.60. The average Bonchev–Trinajstić information content (AvgIpc) is 3.35. The fourth-order valence-corrected chi connectivity index (χ4v) is 5.09. The zero-order valence-corrected chi connectivity index (χ0v) is 23.1. The van der Waals surface area contributed by atoms with Gasteiger partial charge in [0.1, 0.15) is 11.3 Å². The van der Waals surface area contributed by atoms with Crippen molar-refractivity contribution < 1.29 is 4.42 Å². The molecule has 6 aromatic rings. The molecular formula is C36H32N2O. The fraction of sp³-hybridized carbons (Fsp3) is 0.167. The van der Waals surface area contributed by atoms with Crippen molar-refractivity contribution in [2.45, 2.75) is 40.0 Å². The summed E-state index contributed by atoms with van der Waals surface area (Å²) in [6, 6.07) is 30.4. The lowest BCUT2D eigenvalue weighted by atomic mass is 9.84. The van der Waals surface area contributed by atoms with E-state index in [2.05, 4.69) is 117 Å². The molecule has 0 amide bonds. The summed E-state index contributed by atoms with van der Waals surface area (Å²) in [4.78, 5) is 9.01. The van der Waals surface area contributed by atoms with E-state index in [1.54, 1.807) is 0 Å². The number of aryl methyl sites for hydroxylation is 2. The first kappa shape index (κ1) is 24.8. The first-order valence-corrected chi connectivity index (χ1v) is 13.4. The van der Waals surface area contributed by atoms with E-state index < -0.39 is 0 Å². The van der Waals surface area contributed by atoms with Crippen molar-refractivity contribution in [1.82, 2.24) is 9.97 Å². The van der Waals surface area contributed by atoms with Gasteiger partial charge in [0.15, 0.2) is 0 Å². The highest BCUT2D eigenvalue weighted by molar-refractivity contribution is 5.96. The highest BCUT2D eigenvalue weighted by Gasteiger charge is 2.18. The van der Waals surface area contributed by atoms with E-state index >= 15 is 0 Å². The summed E-state index contributed by atoms with van der Waals surface area (Å²) in [5, 5.41) is 1.07. The Morgan fingerprint density at radius 1 is 0.641 bits per heavy atom. The number of rotatable bonds is 4. The maximum atomic E-state index is 6.42. The number of hydrogen-bond donors (Lipinski definition) is 0. The van der Waals surface area contributed by atoms with Gasteiger partial charge in [-0.2, -0.15) is 0 Å². The molecule has 3 heterocycles. The summed E-state index contributed by atoms with van der Waals surface area (Å²) in [7, 11) is 0. The second-order valence-electron chi connectivity index (χ2n) is 11.4. The Kier molecular flexibility index (Phi) is 6.15. The minimum atomic E-state index is 0.0487. The minimum Gasteiger partial charge on any atom is -0.456 e. The normalized spacial score (nSPS) is 11.7. The highest BCUT2D eigenvalue weighted by Crippen LogP contribution is 2.40. The molecule has 0 spiro atoms. The third-order valence-electron chi connectivity index (χ3n) is 7.24. The van der Waals surface area contributed by atoms with Crippen LogP contribution in [0.4, 0.5) is 0 Å². The lowest BCUT2D eigenvalue weighted by molar-refractivity contribution is 0.590. The number of fused-ring (bicyclic) bond motifs is 1. The van der Waals surface area contributed by atoms with Crippen LogP contribution in [0.15, 0.2) is 108 Å². The molecule has 0 aliphatic heterocycles. The van der Waals surface area contributed by atoms with Crippen molar-refractivity contribution in [3.05, 3.63) is 120 Å². The quantitative estimate of drug-likeness (QED) is 0.238. The first-order valence-electron chi connectivity index (χ1n) is 13.4. The van der Waals surface area contributed by atoms with Crippen molar-refractivity contribution in [3.63, 3.8) is 0 Å². The van der Waals surface area contributed by atoms with Gasteiger partial charge in [-0.1, -0.05) is 63.2 Å². The Bertz CT molecular complexity index is 1820. The van der Waals surface area contributed by atoms with Crippen LogP contribution in [0.25, 0.3) is 55.8 Å². The topological polar surface area (TPSA) is 38.9 Å². The van der Waals surface area contributed by atoms with Gasteiger partial charge in [-0.15, -0.1) is 0 Å². The SMILES string of the molecule is Cc1cncc(-c2cc3cc(-c4cccc(-c5cc(C)ccn5)c4)c(-c4cccc(C(C)(C)C)c4)cc3o2)c1. The third kappa shape index (κ3) is 5.00. The predicted molar refractivity (Wildman–Crippen MR) is 162 cm³/mol. The number of nitrogens with zero attached hydrogens (tertiary/aromatic N) is 2. The zero-order valence-electron chi connectivity index (χ0n) is 23.1. The van der Waals surface area contributed by atoms with Gasteiger partial charge < -0.3 is 4.42 Å². The van der Waals surface area contributed by atoms with Crippen LogP contribution < -0.4 is 0 Å². The molecule has 0 fully saturated rings. The zero-order chi connectivity index (χ0) is 27.1. The van der Waals surface area contributed by atoms with E-state index in [1.807, 2.05) is 31.6 Å². The van der Waals surface area contributed by atoms with Crippen LogP contribution >= 0.6 is 0 Å². The Morgan fingerprint density at radius 3 is 2.15 bits per heavy atom. The van der Waals surface area contributed by atoms with Crippen LogP contribution in [0.5, 0.6) is 0 Å². The van der Waals surface area contributed by atoms with Gasteiger partial charge in [-0.3, -0.25) is 9.97 Å². The van der Waals surface area contributed by atoms with E-state index in [1.165, 1.54) is 16.7 Å². The highest BCUT2D eigenvalue weighted by atomic mass is 16.3. The van der Waals surface area contributed by atoms with E-state index in [9.17, 15) is 0 Å². The van der Waals surface area contributed by atoms with Crippen LogP contribution in [0.2, 0.25) is 0 Å². The number of hydrogen-bond acceptors (Lipinski definition) is 3. The molecule has 192 valence electrons. The van der Waals surface area contributed by atoms with Gasteiger partial charge in [-0.05, 0) is 101 Å².